The van der Waals surface area contributed by atoms with E-state index in [0.717, 1.165) is 18.5 Å². The van der Waals surface area contributed by atoms with Gasteiger partial charge in [0.05, 0.1) is 11.7 Å². The molecule has 0 aliphatic rings. The van der Waals surface area contributed by atoms with Crippen molar-refractivity contribution in [3.05, 3.63) is 52.8 Å². The number of rotatable bonds is 6. The number of nitrogens with zero attached hydrogens (tertiary/aromatic N) is 2. The highest BCUT2D eigenvalue weighted by Gasteiger charge is 2.14. The average molecular weight is 286 g/mol. The van der Waals surface area contributed by atoms with Crippen molar-refractivity contribution < 1.29 is 0 Å². The van der Waals surface area contributed by atoms with Gasteiger partial charge >= 0.3 is 0 Å². The molecule has 3 N–H and O–H groups in total. The minimum Gasteiger partial charge on any atom is -0.271 e. The molecule has 4 heteroatoms. The maximum atomic E-state index is 5.75. The van der Waals surface area contributed by atoms with Crippen LogP contribution in [0.25, 0.3) is 0 Å². The molecule has 4 nitrogen and oxygen atoms in total. The van der Waals surface area contributed by atoms with Gasteiger partial charge in [-0.25, -0.2) is 0 Å². The summed E-state index contributed by atoms with van der Waals surface area (Å²) in [6.07, 6.45) is 3.93. The van der Waals surface area contributed by atoms with Gasteiger partial charge in [0, 0.05) is 18.7 Å². The number of hydrazine groups is 1. The average Bonchev–Trinajstić information content (AvgIpc) is 2.95. The van der Waals surface area contributed by atoms with E-state index in [9.17, 15) is 0 Å². The van der Waals surface area contributed by atoms with Gasteiger partial charge in [0.2, 0.25) is 0 Å². The molecule has 1 aromatic carbocycles. The monoisotopic (exact) mass is 286 g/mol. The molecule has 2 atom stereocenters. The fraction of sp³-hybridized carbons (Fsp3) is 0.471. The normalized spacial score (nSPS) is 14.1. The maximum absolute atomic E-state index is 5.75. The fourth-order valence-electron chi connectivity index (χ4n) is 2.38. The second-order valence-electron chi connectivity index (χ2n) is 5.81. The highest BCUT2D eigenvalue weighted by molar-refractivity contribution is 5.32. The van der Waals surface area contributed by atoms with Crippen LogP contribution in [0, 0.1) is 13.8 Å². The molecule has 2 rings (SSSR count). The summed E-state index contributed by atoms with van der Waals surface area (Å²) >= 11 is 0. The fourth-order valence-corrected chi connectivity index (χ4v) is 2.38. The number of nitrogens with two attached hydrogens (primary N) is 1. The molecule has 1 aromatic heterocycles. The molecule has 0 spiro atoms. The minimum absolute atomic E-state index is 0.0876. The van der Waals surface area contributed by atoms with E-state index in [1.54, 1.807) is 0 Å². The molecule has 0 aliphatic heterocycles. The first-order valence-corrected chi connectivity index (χ1v) is 7.62. The zero-order chi connectivity index (χ0) is 15.4. The molecule has 0 aliphatic carbocycles. The number of hydrogen-bond acceptors (Lipinski definition) is 3. The van der Waals surface area contributed by atoms with E-state index in [2.05, 4.69) is 68.7 Å². The van der Waals surface area contributed by atoms with E-state index >= 15 is 0 Å². The number of benzene rings is 1. The zero-order valence-corrected chi connectivity index (χ0v) is 13.4. The summed E-state index contributed by atoms with van der Waals surface area (Å²) in [4.78, 5) is 0. The van der Waals surface area contributed by atoms with Gasteiger partial charge in [0.1, 0.15) is 0 Å². The molecule has 0 saturated carbocycles. The van der Waals surface area contributed by atoms with Crippen LogP contribution >= 0.6 is 0 Å². The molecule has 2 unspecified atom stereocenters. The highest BCUT2D eigenvalue weighted by atomic mass is 15.3. The lowest BCUT2D eigenvalue weighted by Crippen LogP contribution is -2.29. The van der Waals surface area contributed by atoms with Crippen LogP contribution < -0.4 is 11.3 Å². The molecule has 0 saturated heterocycles. The van der Waals surface area contributed by atoms with Crippen LogP contribution in [-0.2, 0) is 6.42 Å². The molecule has 0 radical (unpaired) electrons. The Bertz CT molecular complexity index is 588. The lowest BCUT2D eigenvalue weighted by molar-refractivity contribution is 0.467. The van der Waals surface area contributed by atoms with Crippen LogP contribution in [0.4, 0.5) is 0 Å². The minimum atomic E-state index is 0.0876. The van der Waals surface area contributed by atoms with Gasteiger partial charge < -0.3 is 0 Å². The van der Waals surface area contributed by atoms with E-state index in [0.29, 0.717) is 6.04 Å². The lowest BCUT2D eigenvalue weighted by atomic mass is 9.98. The summed E-state index contributed by atoms with van der Waals surface area (Å²) in [6, 6.07) is 9.09. The van der Waals surface area contributed by atoms with Crippen molar-refractivity contribution in [2.45, 2.75) is 52.6 Å². The van der Waals surface area contributed by atoms with Gasteiger partial charge in [0.25, 0.3) is 0 Å². The molecule has 1 heterocycles. The second-order valence-corrected chi connectivity index (χ2v) is 5.81. The standard InChI is InChI=1S/C17H26N4/c1-5-14(4)21-9-8-16(20-21)11-17(19-18)15-7-6-12(2)13(3)10-15/h6-10,14,17,19H,5,11,18H2,1-4H3. The van der Waals surface area contributed by atoms with Gasteiger partial charge in [-0.05, 0) is 49.9 Å². The third kappa shape index (κ3) is 3.71. The van der Waals surface area contributed by atoms with Crippen molar-refractivity contribution in [3.63, 3.8) is 0 Å². The largest absolute Gasteiger partial charge is 0.271 e. The molecule has 0 bridgehead atoms. The molecular formula is C17H26N4. The topological polar surface area (TPSA) is 55.9 Å². The van der Waals surface area contributed by atoms with E-state index in [-0.39, 0.29) is 6.04 Å². The Kier molecular flexibility index (Phi) is 5.15. The Hall–Kier alpha value is -1.65. The van der Waals surface area contributed by atoms with Crippen LogP contribution in [0.3, 0.4) is 0 Å². The third-order valence-corrected chi connectivity index (χ3v) is 4.25. The van der Waals surface area contributed by atoms with Crippen molar-refractivity contribution >= 4 is 0 Å². The maximum Gasteiger partial charge on any atom is 0.0644 e. The number of nitrogens with one attached hydrogen (secondary N) is 1. The summed E-state index contributed by atoms with van der Waals surface area (Å²) in [5, 5.41) is 4.66. The van der Waals surface area contributed by atoms with Crippen LogP contribution in [0.1, 0.15) is 54.7 Å². The molecule has 0 fully saturated rings. The second kappa shape index (κ2) is 6.87. The SMILES string of the molecule is CCC(C)n1ccc(CC(NN)c2ccc(C)c(C)c2)n1. The number of aryl methyl sites for hydroxylation is 2. The molecular weight excluding hydrogens is 260 g/mol. The summed E-state index contributed by atoms with van der Waals surface area (Å²) in [7, 11) is 0. The van der Waals surface area contributed by atoms with Gasteiger partial charge in [-0.2, -0.15) is 5.10 Å². The quantitative estimate of drug-likeness (QED) is 0.633. The van der Waals surface area contributed by atoms with Gasteiger partial charge in [-0.3, -0.25) is 16.0 Å². The van der Waals surface area contributed by atoms with E-state index in [1.165, 1.54) is 16.7 Å². The molecule has 21 heavy (non-hydrogen) atoms. The van der Waals surface area contributed by atoms with Gasteiger partial charge in [-0.15, -0.1) is 0 Å². The van der Waals surface area contributed by atoms with E-state index < -0.39 is 0 Å². The number of aromatic nitrogens is 2. The predicted octanol–water partition coefficient (Wildman–Crippen LogP) is 3.22. The van der Waals surface area contributed by atoms with Crippen LogP contribution in [-0.4, -0.2) is 9.78 Å². The molecule has 0 amide bonds. The molecule has 114 valence electrons. The Labute approximate surface area is 127 Å². The van der Waals surface area contributed by atoms with E-state index in [1.807, 2.05) is 4.68 Å². The van der Waals surface area contributed by atoms with Crippen LogP contribution in [0.5, 0.6) is 0 Å². The van der Waals surface area contributed by atoms with Crippen molar-refractivity contribution in [2.24, 2.45) is 5.84 Å². The smallest absolute Gasteiger partial charge is 0.0644 e. The highest BCUT2D eigenvalue weighted by Crippen LogP contribution is 2.20. The van der Waals surface area contributed by atoms with E-state index in [4.69, 9.17) is 5.84 Å². The molecule has 2 aromatic rings. The third-order valence-electron chi connectivity index (χ3n) is 4.25. The first-order valence-electron chi connectivity index (χ1n) is 7.62. The van der Waals surface area contributed by atoms with Crippen molar-refractivity contribution in [1.82, 2.24) is 15.2 Å². The Morgan fingerprint density at radius 3 is 2.62 bits per heavy atom. The Balaban J connectivity index is 2.15. The Morgan fingerprint density at radius 2 is 2.00 bits per heavy atom. The summed E-state index contributed by atoms with van der Waals surface area (Å²) in [5.41, 5.74) is 7.78. The van der Waals surface area contributed by atoms with Crippen LogP contribution in [0.2, 0.25) is 0 Å². The summed E-state index contributed by atoms with van der Waals surface area (Å²) in [5.74, 6) is 5.75. The van der Waals surface area contributed by atoms with Gasteiger partial charge in [0.15, 0.2) is 0 Å². The predicted molar refractivity (Wildman–Crippen MR) is 86.9 cm³/mol. The Morgan fingerprint density at radius 1 is 1.24 bits per heavy atom. The number of hydrogen-bond donors (Lipinski definition) is 2. The lowest BCUT2D eigenvalue weighted by Gasteiger charge is -2.16. The summed E-state index contributed by atoms with van der Waals surface area (Å²) < 4.78 is 2.03. The summed E-state index contributed by atoms with van der Waals surface area (Å²) in [6.45, 7) is 8.60. The zero-order valence-electron chi connectivity index (χ0n) is 13.4. The first-order chi connectivity index (χ1) is 10.0. The van der Waals surface area contributed by atoms with Crippen molar-refractivity contribution in [2.75, 3.05) is 0 Å². The van der Waals surface area contributed by atoms with Crippen molar-refractivity contribution in [3.8, 4) is 0 Å². The first kappa shape index (κ1) is 15.7. The van der Waals surface area contributed by atoms with Crippen LogP contribution in [0.15, 0.2) is 30.5 Å². The van der Waals surface area contributed by atoms with Crippen molar-refractivity contribution in [1.29, 1.82) is 0 Å². The van der Waals surface area contributed by atoms with Gasteiger partial charge in [-0.1, -0.05) is 25.1 Å².